The molecule has 0 saturated heterocycles. The lowest BCUT2D eigenvalue weighted by Gasteiger charge is -2.08. The fourth-order valence-electron chi connectivity index (χ4n) is 1.59. The molecule has 0 radical (unpaired) electrons. The van der Waals surface area contributed by atoms with Crippen LogP contribution in [0.15, 0.2) is 42.6 Å². The smallest absolute Gasteiger partial charge is 0.159 e. The quantitative estimate of drug-likeness (QED) is 0.855. The summed E-state index contributed by atoms with van der Waals surface area (Å²) in [4.78, 5) is 15.5. The number of ketones is 1. The number of nitrogens with zero attached hydrogens (tertiary/aromatic N) is 1. The first kappa shape index (κ1) is 12.6. The van der Waals surface area contributed by atoms with Crippen LogP contribution >= 0.6 is 11.6 Å². The average Bonchev–Trinajstić information content (AvgIpc) is 2.37. The Bertz CT molecular complexity index is 555. The van der Waals surface area contributed by atoms with Crippen LogP contribution in [0.2, 0.25) is 5.02 Å². The molecule has 1 heterocycles. The maximum Gasteiger partial charge on any atom is 0.159 e. The van der Waals surface area contributed by atoms with Gasteiger partial charge in [0.25, 0.3) is 0 Å². The molecule has 0 unspecified atom stereocenters. The zero-order chi connectivity index (χ0) is 13.0. The summed E-state index contributed by atoms with van der Waals surface area (Å²) < 4.78 is 0. The normalized spacial score (nSPS) is 10.1. The molecule has 18 heavy (non-hydrogen) atoms. The van der Waals surface area contributed by atoms with Gasteiger partial charge in [-0.25, -0.2) is 0 Å². The largest absolute Gasteiger partial charge is 0.379 e. The Morgan fingerprint density at radius 3 is 2.83 bits per heavy atom. The van der Waals surface area contributed by atoms with E-state index in [1.807, 2.05) is 18.2 Å². The molecule has 3 nitrogen and oxygen atoms in total. The van der Waals surface area contributed by atoms with Crippen LogP contribution in [0.5, 0.6) is 0 Å². The highest BCUT2D eigenvalue weighted by atomic mass is 35.5. The summed E-state index contributed by atoms with van der Waals surface area (Å²) in [6, 6.07) is 11.0. The van der Waals surface area contributed by atoms with Crippen molar-refractivity contribution in [2.75, 3.05) is 5.32 Å². The zero-order valence-electron chi connectivity index (χ0n) is 9.98. The molecule has 0 saturated carbocycles. The molecule has 0 atom stereocenters. The summed E-state index contributed by atoms with van der Waals surface area (Å²) in [5.41, 5.74) is 2.35. The molecule has 2 rings (SSSR count). The number of nitrogens with one attached hydrogen (secondary N) is 1. The molecule has 0 spiro atoms. The van der Waals surface area contributed by atoms with Crippen molar-refractivity contribution in [1.29, 1.82) is 0 Å². The molecule has 1 aromatic carbocycles. The first-order chi connectivity index (χ1) is 8.65. The third-order valence-corrected chi connectivity index (χ3v) is 2.72. The average molecular weight is 261 g/mol. The maximum atomic E-state index is 11.3. The summed E-state index contributed by atoms with van der Waals surface area (Å²) in [5, 5.41) is 3.75. The summed E-state index contributed by atoms with van der Waals surface area (Å²) in [7, 11) is 0. The molecule has 0 bridgehead atoms. The van der Waals surface area contributed by atoms with Crippen molar-refractivity contribution in [3.63, 3.8) is 0 Å². The summed E-state index contributed by atoms with van der Waals surface area (Å²) >= 11 is 5.97. The van der Waals surface area contributed by atoms with Gasteiger partial charge in [0.1, 0.15) is 0 Å². The number of benzene rings is 1. The third-order valence-electron chi connectivity index (χ3n) is 2.50. The molecular weight excluding hydrogens is 248 g/mol. The number of Topliss-reactive ketones (excluding diaryl/α,β-unsaturated/α-hetero) is 1. The van der Waals surface area contributed by atoms with E-state index in [0.29, 0.717) is 17.1 Å². The number of pyridine rings is 1. The minimum absolute atomic E-state index is 0.00149. The van der Waals surface area contributed by atoms with E-state index >= 15 is 0 Å². The van der Waals surface area contributed by atoms with Crippen molar-refractivity contribution in [1.82, 2.24) is 4.98 Å². The highest BCUT2D eigenvalue weighted by Crippen LogP contribution is 2.20. The molecule has 1 N–H and O–H groups in total. The molecule has 0 fully saturated rings. The fourth-order valence-corrected chi connectivity index (χ4v) is 1.83. The third kappa shape index (κ3) is 3.31. The van der Waals surface area contributed by atoms with Gasteiger partial charge in [0.15, 0.2) is 5.78 Å². The van der Waals surface area contributed by atoms with E-state index in [-0.39, 0.29) is 5.78 Å². The second-order valence-corrected chi connectivity index (χ2v) is 4.40. The van der Waals surface area contributed by atoms with E-state index in [1.165, 1.54) is 6.92 Å². The Labute approximate surface area is 111 Å². The predicted molar refractivity (Wildman–Crippen MR) is 73.0 cm³/mol. The van der Waals surface area contributed by atoms with Crippen LogP contribution in [0.4, 0.5) is 5.69 Å². The van der Waals surface area contributed by atoms with E-state index in [0.717, 1.165) is 11.4 Å². The molecule has 2 aromatic rings. The van der Waals surface area contributed by atoms with Crippen molar-refractivity contribution >= 4 is 23.1 Å². The number of aromatic nitrogens is 1. The van der Waals surface area contributed by atoms with E-state index in [9.17, 15) is 4.79 Å². The second kappa shape index (κ2) is 5.65. The first-order valence-corrected chi connectivity index (χ1v) is 5.98. The summed E-state index contributed by atoms with van der Waals surface area (Å²) in [5.74, 6) is -0.00149. The van der Waals surface area contributed by atoms with Crippen LogP contribution in [0, 0.1) is 0 Å². The lowest BCUT2D eigenvalue weighted by molar-refractivity contribution is 0.101. The van der Waals surface area contributed by atoms with Crippen molar-refractivity contribution in [2.45, 2.75) is 13.5 Å². The van der Waals surface area contributed by atoms with E-state index < -0.39 is 0 Å². The molecule has 0 aliphatic heterocycles. The highest BCUT2D eigenvalue weighted by Gasteiger charge is 2.03. The number of halogens is 1. The van der Waals surface area contributed by atoms with Crippen molar-refractivity contribution in [3.8, 4) is 0 Å². The zero-order valence-corrected chi connectivity index (χ0v) is 10.7. The van der Waals surface area contributed by atoms with Gasteiger partial charge in [-0.2, -0.15) is 0 Å². The van der Waals surface area contributed by atoms with Gasteiger partial charge in [0, 0.05) is 22.5 Å². The number of hydrogen-bond donors (Lipinski definition) is 1. The number of rotatable bonds is 4. The van der Waals surface area contributed by atoms with Gasteiger partial charge >= 0.3 is 0 Å². The molecule has 4 heteroatoms. The van der Waals surface area contributed by atoms with Crippen molar-refractivity contribution in [2.24, 2.45) is 0 Å². The summed E-state index contributed by atoms with van der Waals surface area (Å²) in [6.45, 7) is 2.12. The molecular formula is C14H13ClN2O. The van der Waals surface area contributed by atoms with Gasteiger partial charge in [-0.3, -0.25) is 9.78 Å². The van der Waals surface area contributed by atoms with Gasteiger partial charge in [0.05, 0.1) is 12.2 Å². The number of carbonyl (C=O) groups excluding carboxylic acids is 1. The molecule has 92 valence electrons. The topological polar surface area (TPSA) is 42.0 Å². The number of anilines is 1. The fraction of sp³-hybridized carbons (Fsp3) is 0.143. The van der Waals surface area contributed by atoms with Crippen molar-refractivity contribution in [3.05, 3.63) is 58.9 Å². The lowest BCUT2D eigenvalue weighted by Crippen LogP contribution is -2.02. The Morgan fingerprint density at radius 2 is 2.17 bits per heavy atom. The SMILES string of the molecule is CC(=O)c1cc(Cl)cc(NCc2ccccn2)c1. The molecule has 1 aromatic heterocycles. The van der Waals surface area contributed by atoms with Crippen LogP contribution in [-0.2, 0) is 6.54 Å². The van der Waals surface area contributed by atoms with E-state index in [4.69, 9.17) is 11.6 Å². The van der Waals surface area contributed by atoms with Gasteiger partial charge < -0.3 is 5.32 Å². The van der Waals surface area contributed by atoms with Gasteiger partial charge in [0.2, 0.25) is 0 Å². The lowest BCUT2D eigenvalue weighted by atomic mass is 10.1. The minimum Gasteiger partial charge on any atom is -0.379 e. The Kier molecular flexibility index (Phi) is 3.95. The Balaban J connectivity index is 2.12. The maximum absolute atomic E-state index is 11.3. The summed E-state index contributed by atoms with van der Waals surface area (Å²) in [6.07, 6.45) is 1.75. The van der Waals surface area contributed by atoms with Crippen LogP contribution in [0.1, 0.15) is 23.0 Å². The Hall–Kier alpha value is -1.87. The number of carbonyl (C=O) groups is 1. The van der Waals surface area contributed by atoms with Gasteiger partial charge in [-0.15, -0.1) is 0 Å². The standard InChI is InChI=1S/C14H13ClN2O/c1-10(18)11-6-12(15)8-14(7-11)17-9-13-4-2-3-5-16-13/h2-8,17H,9H2,1H3. The van der Waals surface area contributed by atoms with Crippen LogP contribution < -0.4 is 5.32 Å². The van der Waals surface area contributed by atoms with Gasteiger partial charge in [-0.1, -0.05) is 17.7 Å². The second-order valence-electron chi connectivity index (χ2n) is 3.96. The molecule has 0 aliphatic rings. The van der Waals surface area contributed by atoms with Gasteiger partial charge in [-0.05, 0) is 37.3 Å². The minimum atomic E-state index is -0.00149. The monoisotopic (exact) mass is 260 g/mol. The van der Waals surface area contributed by atoms with E-state index in [2.05, 4.69) is 10.3 Å². The highest BCUT2D eigenvalue weighted by molar-refractivity contribution is 6.31. The Morgan fingerprint density at radius 1 is 1.33 bits per heavy atom. The van der Waals surface area contributed by atoms with E-state index in [1.54, 1.807) is 24.4 Å². The first-order valence-electron chi connectivity index (χ1n) is 5.60. The predicted octanol–water partition coefficient (Wildman–Crippen LogP) is 3.55. The van der Waals surface area contributed by atoms with Crippen LogP contribution in [0.25, 0.3) is 0 Å². The molecule has 0 aliphatic carbocycles. The van der Waals surface area contributed by atoms with Crippen LogP contribution in [0.3, 0.4) is 0 Å². The van der Waals surface area contributed by atoms with Crippen molar-refractivity contribution < 1.29 is 4.79 Å². The molecule has 0 amide bonds. The number of hydrogen-bond acceptors (Lipinski definition) is 3. The van der Waals surface area contributed by atoms with Crippen LogP contribution in [-0.4, -0.2) is 10.8 Å².